The number of aromatic nitrogens is 1. The number of carbonyl (C=O) groups is 3. The van der Waals surface area contributed by atoms with Gasteiger partial charge in [0, 0.05) is 37.2 Å². The maximum absolute atomic E-state index is 13.7. The Bertz CT molecular complexity index is 1780. The molecule has 1 heterocycles. The summed E-state index contributed by atoms with van der Waals surface area (Å²) in [7, 11) is 3.54. The van der Waals surface area contributed by atoms with Crippen molar-refractivity contribution in [3.8, 4) is 5.75 Å². The van der Waals surface area contributed by atoms with Gasteiger partial charge in [0.1, 0.15) is 17.5 Å². The fourth-order valence-corrected chi connectivity index (χ4v) is 5.24. The lowest BCUT2D eigenvalue weighted by molar-refractivity contribution is -0.132. The van der Waals surface area contributed by atoms with Crippen molar-refractivity contribution in [3.05, 3.63) is 132 Å². The van der Waals surface area contributed by atoms with Crippen LogP contribution in [0.15, 0.2) is 109 Å². The van der Waals surface area contributed by atoms with Crippen LogP contribution in [0.4, 0.5) is 5.69 Å². The van der Waals surface area contributed by atoms with Crippen molar-refractivity contribution >= 4 is 34.3 Å². The number of carbonyl (C=O) groups excluding carboxylic acids is 3. The van der Waals surface area contributed by atoms with E-state index in [1.54, 1.807) is 53.9 Å². The Labute approximate surface area is 263 Å². The van der Waals surface area contributed by atoms with Gasteiger partial charge in [-0.3, -0.25) is 14.4 Å². The smallest absolute Gasteiger partial charge is 0.268 e. The molecule has 230 valence electrons. The molecule has 8 nitrogen and oxygen atoms in total. The molecule has 0 unspecified atom stereocenters. The van der Waals surface area contributed by atoms with E-state index in [-0.39, 0.29) is 17.7 Å². The third-order valence-electron chi connectivity index (χ3n) is 7.71. The molecule has 2 N–H and O–H groups in total. The van der Waals surface area contributed by atoms with Gasteiger partial charge < -0.3 is 24.8 Å². The molecule has 0 spiro atoms. The van der Waals surface area contributed by atoms with Crippen LogP contribution >= 0.6 is 0 Å². The zero-order valence-electron chi connectivity index (χ0n) is 25.8. The van der Waals surface area contributed by atoms with Crippen molar-refractivity contribution in [2.45, 2.75) is 32.4 Å². The van der Waals surface area contributed by atoms with Crippen molar-refractivity contribution in [2.75, 3.05) is 19.0 Å². The average Bonchev–Trinajstić information content (AvgIpc) is 3.39. The van der Waals surface area contributed by atoms with E-state index >= 15 is 0 Å². The number of anilines is 1. The summed E-state index contributed by atoms with van der Waals surface area (Å²) >= 11 is 0. The van der Waals surface area contributed by atoms with Crippen LogP contribution in [-0.4, -0.2) is 40.8 Å². The van der Waals surface area contributed by atoms with Crippen LogP contribution in [0.25, 0.3) is 10.9 Å². The fraction of sp³-hybridized carbons (Fsp3) is 0.216. The second-order valence-corrected chi connectivity index (χ2v) is 11.0. The number of amides is 3. The van der Waals surface area contributed by atoms with Gasteiger partial charge in [-0.1, -0.05) is 86.1 Å². The Balaban J connectivity index is 1.35. The van der Waals surface area contributed by atoms with Crippen LogP contribution in [0.2, 0.25) is 0 Å². The average molecular weight is 603 g/mol. The van der Waals surface area contributed by atoms with Crippen LogP contribution in [0, 0.1) is 0 Å². The molecule has 45 heavy (non-hydrogen) atoms. The minimum Gasteiger partial charge on any atom is -0.493 e. The standard InChI is InChI=1S/C37H38N4O4/c1-4-5-22-45-33-19-13-12-18-30(33)35(42)38-29-20-21-31-28(23-29)24-32(41(31)3)36(43)39-34(27-16-10-7-11-17-27)37(44)40(2)25-26-14-8-6-9-15-26/h6-21,23-24,34H,4-5,22,25H2,1-3H3,(H,38,42)(H,39,43)/t34-/m0/s1. The number of nitrogens with zero attached hydrogens (tertiary/aromatic N) is 2. The molecule has 5 rings (SSSR count). The second-order valence-electron chi connectivity index (χ2n) is 11.0. The lowest BCUT2D eigenvalue weighted by Crippen LogP contribution is -2.41. The number of hydrogen-bond donors (Lipinski definition) is 2. The van der Waals surface area contributed by atoms with Crippen molar-refractivity contribution in [1.82, 2.24) is 14.8 Å². The number of nitrogens with one attached hydrogen (secondary N) is 2. The van der Waals surface area contributed by atoms with Crippen molar-refractivity contribution in [1.29, 1.82) is 0 Å². The van der Waals surface area contributed by atoms with E-state index < -0.39 is 6.04 Å². The highest BCUT2D eigenvalue weighted by atomic mass is 16.5. The topological polar surface area (TPSA) is 92.7 Å². The molecular weight excluding hydrogens is 564 g/mol. The summed E-state index contributed by atoms with van der Waals surface area (Å²) in [5.74, 6) is -0.340. The predicted molar refractivity (Wildman–Crippen MR) is 177 cm³/mol. The van der Waals surface area contributed by atoms with Gasteiger partial charge in [0.05, 0.1) is 12.2 Å². The molecule has 4 aromatic carbocycles. The number of ether oxygens (including phenoxy) is 1. The van der Waals surface area contributed by atoms with E-state index in [0.717, 1.165) is 29.3 Å². The van der Waals surface area contributed by atoms with Gasteiger partial charge in [-0.05, 0) is 53.9 Å². The highest BCUT2D eigenvalue weighted by Crippen LogP contribution is 2.26. The highest BCUT2D eigenvalue weighted by Gasteiger charge is 2.27. The summed E-state index contributed by atoms with van der Waals surface area (Å²) in [6, 6.07) is 32.5. The van der Waals surface area contributed by atoms with Crippen molar-refractivity contribution in [2.24, 2.45) is 7.05 Å². The molecule has 0 aliphatic heterocycles. The fourth-order valence-electron chi connectivity index (χ4n) is 5.24. The van der Waals surface area contributed by atoms with Gasteiger partial charge in [-0.25, -0.2) is 0 Å². The summed E-state index contributed by atoms with van der Waals surface area (Å²) < 4.78 is 7.63. The third kappa shape index (κ3) is 7.41. The summed E-state index contributed by atoms with van der Waals surface area (Å²) in [5, 5.41) is 6.71. The lowest BCUT2D eigenvalue weighted by Gasteiger charge is -2.25. The predicted octanol–water partition coefficient (Wildman–Crippen LogP) is 6.74. The molecule has 0 saturated heterocycles. The lowest BCUT2D eigenvalue weighted by atomic mass is 10.0. The summed E-state index contributed by atoms with van der Waals surface area (Å²) in [6.07, 6.45) is 1.90. The zero-order chi connectivity index (χ0) is 31.8. The molecule has 3 amide bonds. The van der Waals surface area contributed by atoms with E-state index in [4.69, 9.17) is 4.74 Å². The minimum atomic E-state index is -0.875. The Morgan fingerprint density at radius 1 is 0.844 bits per heavy atom. The molecule has 5 aromatic rings. The summed E-state index contributed by atoms with van der Waals surface area (Å²) in [5.41, 5.74) is 3.94. The van der Waals surface area contributed by atoms with E-state index in [0.29, 0.717) is 41.4 Å². The maximum Gasteiger partial charge on any atom is 0.268 e. The number of fused-ring (bicyclic) bond motifs is 1. The Morgan fingerprint density at radius 3 is 2.27 bits per heavy atom. The molecule has 0 radical (unpaired) electrons. The highest BCUT2D eigenvalue weighted by molar-refractivity contribution is 6.07. The van der Waals surface area contributed by atoms with Gasteiger partial charge >= 0.3 is 0 Å². The quantitative estimate of drug-likeness (QED) is 0.155. The molecule has 0 bridgehead atoms. The molecule has 8 heteroatoms. The van der Waals surface area contributed by atoms with Gasteiger partial charge in [-0.15, -0.1) is 0 Å². The third-order valence-corrected chi connectivity index (χ3v) is 7.71. The van der Waals surface area contributed by atoms with Crippen molar-refractivity contribution in [3.63, 3.8) is 0 Å². The Morgan fingerprint density at radius 2 is 1.53 bits per heavy atom. The number of para-hydroxylation sites is 1. The first-order valence-corrected chi connectivity index (χ1v) is 15.1. The second kappa shape index (κ2) is 14.4. The largest absolute Gasteiger partial charge is 0.493 e. The number of hydrogen-bond acceptors (Lipinski definition) is 4. The minimum absolute atomic E-state index is 0.221. The van der Waals surface area contributed by atoms with E-state index in [9.17, 15) is 14.4 Å². The monoisotopic (exact) mass is 602 g/mol. The molecule has 0 aliphatic carbocycles. The summed E-state index contributed by atoms with van der Waals surface area (Å²) in [6.45, 7) is 3.04. The molecule has 0 aliphatic rings. The van der Waals surface area contributed by atoms with Crippen LogP contribution in [0.1, 0.15) is 57.8 Å². The molecule has 0 fully saturated rings. The first-order valence-electron chi connectivity index (χ1n) is 15.1. The van der Waals surface area contributed by atoms with Gasteiger partial charge in [0.25, 0.3) is 11.8 Å². The number of likely N-dealkylation sites (N-methyl/N-ethyl adjacent to an activating group) is 1. The van der Waals surface area contributed by atoms with Crippen LogP contribution < -0.4 is 15.4 Å². The molecular formula is C37H38N4O4. The van der Waals surface area contributed by atoms with E-state index in [1.807, 2.05) is 78.9 Å². The SMILES string of the molecule is CCCCOc1ccccc1C(=O)Nc1ccc2c(c1)cc(C(=O)N[C@H](C(=O)N(C)Cc1ccccc1)c1ccccc1)n2C. The Hall–Kier alpha value is -5.37. The first-order chi connectivity index (χ1) is 21.9. The summed E-state index contributed by atoms with van der Waals surface area (Å²) in [4.78, 5) is 42.2. The van der Waals surface area contributed by atoms with Gasteiger partial charge in [-0.2, -0.15) is 0 Å². The zero-order valence-corrected chi connectivity index (χ0v) is 25.8. The number of benzene rings is 4. The van der Waals surface area contributed by atoms with Crippen LogP contribution in [0.3, 0.4) is 0 Å². The van der Waals surface area contributed by atoms with Crippen molar-refractivity contribution < 1.29 is 19.1 Å². The molecule has 1 atom stereocenters. The molecule has 0 saturated carbocycles. The Kier molecular flexibility index (Phi) is 9.94. The number of unbranched alkanes of at least 4 members (excludes halogenated alkanes) is 1. The van der Waals surface area contributed by atoms with Crippen LogP contribution in [0.5, 0.6) is 5.75 Å². The maximum atomic E-state index is 13.7. The first kappa shape index (κ1) is 31.1. The molecule has 1 aromatic heterocycles. The number of aryl methyl sites for hydroxylation is 1. The van der Waals surface area contributed by atoms with Gasteiger partial charge in [0.15, 0.2) is 0 Å². The van der Waals surface area contributed by atoms with Gasteiger partial charge in [0.2, 0.25) is 5.91 Å². The van der Waals surface area contributed by atoms with Crippen LogP contribution in [-0.2, 0) is 18.4 Å². The number of rotatable bonds is 12. The van der Waals surface area contributed by atoms with E-state index in [2.05, 4.69) is 17.6 Å². The van der Waals surface area contributed by atoms with E-state index in [1.165, 1.54) is 0 Å². The normalized spacial score (nSPS) is 11.5.